The molecule has 3 aromatic rings. The zero-order chi connectivity index (χ0) is 16.8. The van der Waals surface area contributed by atoms with Crippen molar-refractivity contribution in [3.63, 3.8) is 0 Å². The summed E-state index contributed by atoms with van der Waals surface area (Å²) in [4.78, 5) is 12.3. The Morgan fingerprint density at radius 1 is 0.833 bits per heavy atom. The summed E-state index contributed by atoms with van der Waals surface area (Å²) >= 11 is 0. The number of hydrogen-bond acceptors (Lipinski definition) is 2. The van der Waals surface area contributed by atoms with Crippen LogP contribution in [0.2, 0.25) is 0 Å². The van der Waals surface area contributed by atoms with Crippen LogP contribution in [0.25, 0.3) is 17.2 Å². The summed E-state index contributed by atoms with van der Waals surface area (Å²) in [5.74, 6) is -0.0584. The van der Waals surface area contributed by atoms with E-state index in [0.717, 1.165) is 16.7 Å². The van der Waals surface area contributed by atoms with Crippen molar-refractivity contribution >= 4 is 11.9 Å². The highest BCUT2D eigenvalue weighted by molar-refractivity contribution is 6.07. The van der Waals surface area contributed by atoms with Crippen LogP contribution in [-0.2, 0) is 0 Å². The monoisotopic (exact) mass is 309 g/mol. The Balaban J connectivity index is 1.76. The summed E-state index contributed by atoms with van der Waals surface area (Å²) in [7, 11) is 0. The maximum atomic E-state index is 12.3. The number of ketones is 1. The molecule has 0 spiro atoms. The maximum absolute atomic E-state index is 12.3. The highest BCUT2D eigenvalue weighted by atomic mass is 16.1. The van der Waals surface area contributed by atoms with Crippen molar-refractivity contribution in [2.75, 3.05) is 0 Å². The van der Waals surface area contributed by atoms with E-state index in [9.17, 15) is 4.79 Å². The summed E-state index contributed by atoms with van der Waals surface area (Å²) in [5.41, 5.74) is 4.26. The van der Waals surface area contributed by atoms with Crippen molar-refractivity contribution in [1.29, 1.82) is 5.26 Å². The Morgan fingerprint density at radius 3 is 2.25 bits per heavy atom. The van der Waals surface area contributed by atoms with Gasteiger partial charge in [0, 0.05) is 5.56 Å². The van der Waals surface area contributed by atoms with Gasteiger partial charge in [0.25, 0.3) is 0 Å². The first-order chi connectivity index (χ1) is 11.8. The average molecular weight is 309 g/mol. The van der Waals surface area contributed by atoms with E-state index < -0.39 is 0 Å². The lowest BCUT2D eigenvalue weighted by Crippen LogP contribution is -1.93. The molecular weight excluding hydrogens is 294 g/mol. The van der Waals surface area contributed by atoms with Crippen molar-refractivity contribution in [2.45, 2.75) is 0 Å². The molecule has 0 aromatic heterocycles. The van der Waals surface area contributed by atoms with E-state index in [4.69, 9.17) is 5.26 Å². The van der Waals surface area contributed by atoms with Gasteiger partial charge in [0.2, 0.25) is 0 Å². The zero-order valence-corrected chi connectivity index (χ0v) is 13.0. The summed E-state index contributed by atoms with van der Waals surface area (Å²) < 4.78 is 0. The van der Waals surface area contributed by atoms with Gasteiger partial charge in [-0.2, -0.15) is 5.26 Å². The van der Waals surface area contributed by atoms with Crippen LogP contribution in [-0.4, -0.2) is 5.78 Å². The lowest BCUT2D eigenvalue weighted by molar-refractivity contribution is 0.104. The van der Waals surface area contributed by atoms with E-state index in [-0.39, 0.29) is 5.78 Å². The number of nitriles is 1. The van der Waals surface area contributed by atoms with Crippen LogP contribution >= 0.6 is 0 Å². The van der Waals surface area contributed by atoms with Crippen molar-refractivity contribution in [1.82, 2.24) is 0 Å². The molecule has 0 aliphatic rings. The molecule has 0 heterocycles. The molecule has 0 fully saturated rings. The molecule has 24 heavy (non-hydrogen) atoms. The summed E-state index contributed by atoms with van der Waals surface area (Å²) in [6.45, 7) is 0. The van der Waals surface area contributed by atoms with Gasteiger partial charge in [-0.3, -0.25) is 4.79 Å². The molecular formula is C22H15NO. The van der Waals surface area contributed by atoms with Gasteiger partial charge >= 0.3 is 0 Å². The second-order valence-corrected chi connectivity index (χ2v) is 5.38. The first-order valence-electron chi connectivity index (χ1n) is 7.64. The second-order valence-electron chi connectivity index (χ2n) is 5.38. The first kappa shape index (κ1) is 15.5. The molecule has 2 heteroatoms. The molecule has 3 rings (SSSR count). The number of hydrogen-bond donors (Lipinski definition) is 0. The molecule has 0 aliphatic heterocycles. The molecule has 0 atom stereocenters. The number of nitrogens with zero attached hydrogens (tertiary/aromatic N) is 1. The summed E-state index contributed by atoms with van der Waals surface area (Å²) in [6, 6.07) is 26.9. The molecule has 0 amide bonds. The minimum Gasteiger partial charge on any atom is -0.289 e. The third kappa shape index (κ3) is 3.66. The van der Waals surface area contributed by atoms with E-state index in [1.165, 1.54) is 6.08 Å². The molecule has 2 nitrogen and oxygen atoms in total. The normalized spacial score (nSPS) is 10.5. The van der Waals surface area contributed by atoms with Gasteiger partial charge in [0.15, 0.2) is 5.78 Å². The predicted molar refractivity (Wildman–Crippen MR) is 96.4 cm³/mol. The third-order valence-corrected chi connectivity index (χ3v) is 3.72. The number of carbonyl (C=O) groups is 1. The van der Waals surface area contributed by atoms with Crippen LogP contribution in [0.3, 0.4) is 0 Å². The SMILES string of the molecule is N#Cc1cccc(C=CC(=O)c2ccc(-c3ccccc3)cc2)c1. The van der Waals surface area contributed by atoms with Crippen LogP contribution in [0.4, 0.5) is 0 Å². The predicted octanol–water partition coefficient (Wildman–Crippen LogP) is 5.12. The van der Waals surface area contributed by atoms with E-state index in [1.54, 1.807) is 24.3 Å². The molecule has 0 aliphatic carbocycles. The Hall–Kier alpha value is -3.44. The fourth-order valence-corrected chi connectivity index (χ4v) is 2.44. The van der Waals surface area contributed by atoms with E-state index in [1.807, 2.05) is 60.7 Å². The van der Waals surface area contributed by atoms with E-state index in [0.29, 0.717) is 11.1 Å². The van der Waals surface area contributed by atoms with E-state index >= 15 is 0 Å². The topological polar surface area (TPSA) is 40.9 Å². The fourth-order valence-electron chi connectivity index (χ4n) is 2.44. The molecule has 0 N–H and O–H groups in total. The summed E-state index contributed by atoms with van der Waals surface area (Å²) in [5, 5.41) is 8.90. The Morgan fingerprint density at radius 2 is 1.54 bits per heavy atom. The molecule has 0 saturated heterocycles. The van der Waals surface area contributed by atoms with Crippen LogP contribution in [0.15, 0.2) is 84.9 Å². The van der Waals surface area contributed by atoms with Gasteiger partial charge in [0.1, 0.15) is 0 Å². The van der Waals surface area contributed by atoms with Crippen molar-refractivity contribution in [2.24, 2.45) is 0 Å². The molecule has 3 aromatic carbocycles. The van der Waals surface area contributed by atoms with Crippen LogP contribution in [0, 0.1) is 11.3 Å². The van der Waals surface area contributed by atoms with Gasteiger partial charge in [-0.1, -0.05) is 72.8 Å². The average Bonchev–Trinajstić information content (AvgIpc) is 2.67. The van der Waals surface area contributed by atoms with Crippen molar-refractivity contribution in [3.8, 4) is 17.2 Å². The smallest absolute Gasteiger partial charge is 0.185 e. The van der Waals surface area contributed by atoms with Gasteiger partial charge in [0.05, 0.1) is 11.6 Å². The molecule has 0 radical (unpaired) electrons. The number of rotatable bonds is 4. The van der Waals surface area contributed by atoms with Gasteiger partial charge < -0.3 is 0 Å². The molecule has 0 bridgehead atoms. The van der Waals surface area contributed by atoms with E-state index in [2.05, 4.69) is 6.07 Å². The first-order valence-corrected chi connectivity index (χ1v) is 7.64. The Labute approximate surface area is 141 Å². The lowest BCUT2D eigenvalue weighted by atomic mass is 10.0. The number of allylic oxidation sites excluding steroid dienone is 1. The zero-order valence-electron chi connectivity index (χ0n) is 13.0. The number of carbonyl (C=O) groups excluding carboxylic acids is 1. The van der Waals surface area contributed by atoms with Gasteiger partial charge in [-0.15, -0.1) is 0 Å². The third-order valence-electron chi connectivity index (χ3n) is 3.72. The maximum Gasteiger partial charge on any atom is 0.185 e. The van der Waals surface area contributed by atoms with Crippen LogP contribution < -0.4 is 0 Å². The fraction of sp³-hybridized carbons (Fsp3) is 0. The highest BCUT2D eigenvalue weighted by Crippen LogP contribution is 2.19. The standard InChI is InChI=1S/C22H15NO/c23-16-18-6-4-5-17(15-18)9-14-22(24)21-12-10-20(11-13-21)19-7-2-1-3-8-19/h1-15H. The van der Waals surface area contributed by atoms with Crippen molar-refractivity contribution < 1.29 is 4.79 Å². The molecule has 0 saturated carbocycles. The minimum atomic E-state index is -0.0584. The summed E-state index contributed by atoms with van der Waals surface area (Å²) in [6.07, 6.45) is 3.27. The lowest BCUT2D eigenvalue weighted by Gasteiger charge is -2.02. The highest BCUT2D eigenvalue weighted by Gasteiger charge is 2.03. The Kier molecular flexibility index (Phi) is 4.65. The van der Waals surface area contributed by atoms with Gasteiger partial charge in [-0.25, -0.2) is 0 Å². The Bertz CT molecular complexity index is 916. The van der Waals surface area contributed by atoms with Crippen molar-refractivity contribution in [3.05, 3.63) is 102 Å². The van der Waals surface area contributed by atoms with Crippen LogP contribution in [0.5, 0.6) is 0 Å². The quantitative estimate of drug-likeness (QED) is 0.495. The van der Waals surface area contributed by atoms with Crippen LogP contribution in [0.1, 0.15) is 21.5 Å². The largest absolute Gasteiger partial charge is 0.289 e. The number of benzene rings is 3. The van der Waals surface area contributed by atoms with Gasteiger partial charge in [-0.05, 0) is 34.9 Å². The second kappa shape index (κ2) is 7.21. The molecule has 114 valence electrons. The minimum absolute atomic E-state index is 0.0584. The molecule has 0 unspecified atom stereocenters.